The Morgan fingerprint density at radius 1 is 0.958 bits per heavy atom. The van der Waals surface area contributed by atoms with E-state index in [-0.39, 0.29) is 11.8 Å². The molecule has 0 amide bonds. The fourth-order valence-corrected chi connectivity index (χ4v) is 2.81. The fraction of sp³-hybridized carbons (Fsp3) is 0.158. The number of benzene rings is 2. The summed E-state index contributed by atoms with van der Waals surface area (Å²) in [7, 11) is 0. The maximum Gasteiger partial charge on any atom is 0.373 e. The second-order valence-corrected chi connectivity index (χ2v) is 5.46. The van der Waals surface area contributed by atoms with Crippen molar-refractivity contribution in [2.75, 3.05) is 0 Å². The van der Waals surface area contributed by atoms with E-state index >= 15 is 0 Å². The van der Waals surface area contributed by atoms with Gasteiger partial charge in [-0.2, -0.15) is 9.59 Å². The van der Waals surface area contributed by atoms with E-state index in [9.17, 15) is 4.79 Å². The van der Waals surface area contributed by atoms with E-state index in [1.165, 1.54) is 5.56 Å². The second-order valence-electron chi connectivity index (χ2n) is 5.46. The van der Waals surface area contributed by atoms with Crippen molar-refractivity contribution in [3.8, 4) is 0 Å². The topological polar surface area (TPSA) is 77.5 Å². The van der Waals surface area contributed by atoms with Crippen LogP contribution in [0.4, 0.5) is 0 Å². The molecule has 4 rings (SSSR count). The molecule has 0 radical (unpaired) electrons. The lowest BCUT2D eigenvalue weighted by atomic mass is 10.1. The summed E-state index contributed by atoms with van der Waals surface area (Å²) in [6.45, 7) is 4.06. The van der Waals surface area contributed by atoms with Gasteiger partial charge in [-0.3, -0.25) is 0 Å². The minimum absolute atomic E-state index is 0.250. The zero-order valence-electron chi connectivity index (χ0n) is 13.2. The Balaban J connectivity index is 0.000000526. The fourth-order valence-electron chi connectivity index (χ4n) is 2.81. The maximum absolute atomic E-state index is 12.4. The number of hydrogen-bond donors (Lipinski definition) is 0. The maximum atomic E-state index is 12.4. The monoisotopic (exact) mass is 322 g/mol. The third-order valence-corrected chi connectivity index (χ3v) is 3.95. The molecule has 0 saturated heterocycles. The van der Waals surface area contributed by atoms with Crippen LogP contribution in [0.3, 0.4) is 0 Å². The van der Waals surface area contributed by atoms with Gasteiger partial charge >= 0.3 is 11.8 Å². The van der Waals surface area contributed by atoms with Gasteiger partial charge in [-0.25, -0.2) is 4.79 Å². The molecular weight excluding hydrogens is 308 g/mol. The summed E-state index contributed by atoms with van der Waals surface area (Å²) < 4.78 is 11.4. The largest absolute Gasteiger partial charge is 0.455 e. The Morgan fingerprint density at radius 2 is 1.71 bits per heavy atom. The Bertz CT molecular complexity index is 1140. The summed E-state index contributed by atoms with van der Waals surface area (Å²) in [5, 5.41) is 2.21. The van der Waals surface area contributed by atoms with Crippen LogP contribution < -0.4 is 5.63 Å². The second kappa shape index (κ2) is 6.14. The summed E-state index contributed by atoms with van der Waals surface area (Å²) in [5.41, 5.74) is 3.80. The molecule has 0 fully saturated rings. The normalized spacial score (nSPS) is 10.6. The smallest absolute Gasteiger partial charge is 0.373 e. The number of carbonyl (C=O) groups excluding carboxylic acids is 2. The Hall–Kier alpha value is -3.17. The van der Waals surface area contributed by atoms with Crippen LogP contribution in [0, 0.1) is 6.92 Å². The van der Waals surface area contributed by atoms with Crippen LogP contribution in [0.2, 0.25) is 0 Å². The highest BCUT2D eigenvalue weighted by atomic mass is 16.4. The van der Waals surface area contributed by atoms with Gasteiger partial charge in [0.05, 0.1) is 5.39 Å². The highest BCUT2D eigenvalue weighted by Crippen LogP contribution is 2.32. The molecule has 5 heteroatoms. The number of rotatable bonds is 1. The van der Waals surface area contributed by atoms with Crippen molar-refractivity contribution in [3.63, 3.8) is 0 Å². The lowest BCUT2D eigenvalue weighted by Gasteiger charge is -1.98. The molecule has 2 aromatic carbocycles. The first-order valence-electron chi connectivity index (χ1n) is 7.47. The third-order valence-electron chi connectivity index (χ3n) is 3.95. The van der Waals surface area contributed by atoms with E-state index in [0.29, 0.717) is 16.6 Å². The van der Waals surface area contributed by atoms with Crippen LogP contribution in [-0.2, 0) is 16.0 Å². The Labute approximate surface area is 136 Å². The highest BCUT2D eigenvalue weighted by Gasteiger charge is 2.16. The Morgan fingerprint density at radius 3 is 2.42 bits per heavy atom. The lowest BCUT2D eigenvalue weighted by molar-refractivity contribution is -0.191. The minimum atomic E-state index is -0.338. The first-order chi connectivity index (χ1) is 11.6. The SMILES string of the molecule is CCc1ccc2oc3c4ccc(C)cc4oc(=O)c3c2c1.O=C=O. The summed E-state index contributed by atoms with van der Waals surface area (Å²) >= 11 is 0. The predicted octanol–water partition coefficient (Wildman–Crippen LogP) is 3.98. The van der Waals surface area contributed by atoms with E-state index in [1.807, 2.05) is 43.3 Å². The van der Waals surface area contributed by atoms with Crippen molar-refractivity contribution in [1.29, 1.82) is 0 Å². The zero-order valence-corrected chi connectivity index (χ0v) is 13.2. The number of hydrogen-bond acceptors (Lipinski definition) is 5. The quantitative estimate of drug-likeness (QED) is 0.495. The van der Waals surface area contributed by atoms with Crippen LogP contribution >= 0.6 is 0 Å². The molecule has 0 aliphatic heterocycles. The highest BCUT2D eigenvalue weighted by molar-refractivity contribution is 6.12. The van der Waals surface area contributed by atoms with E-state index in [0.717, 1.165) is 28.3 Å². The van der Waals surface area contributed by atoms with Crippen molar-refractivity contribution in [1.82, 2.24) is 0 Å². The molecular formula is C19H14O5. The van der Waals surface area contributed by atoms with Gasteiger partial charge in [-0.15, -0.1) is 0 Å². The molecule has 0 aliphatic rings. The molecule has 0 atom stereocenters. The molecule has 0 spiro atoms. The van der Waals surface area contributed by atoms with Crippen molar-refractivity contribution in [3.05, 3.63) is 57.9 Å². The van der Waals surface area contributed by atoms with Crippen molar-refractivity contribution < 1.29 is 18.4 Å². The summed E-state index contributed by atoms with van der Waals surface area (Å²) in [6, 6.07) is 11.8. The van der Waals surface area contributed by atoms with E-state index in [2.05, 4.69) is 6.92 Å². The van der Waals surface area contributed by atoms with Gasteiger partial charge in [-0.05, 0) is 48.7 Å². The molecule has 0 saturated carbocycles. The number of furan rings is 1. The van der Waals surface area contributed by atoms with Crippen LogP contribution in [0.1, 0.15) is 18.1 Å². The van der Waals surface area contributed by atoms with E-state index in [4.69, 9.17) is 18.4 Å². The van der Waals surface area contributed by atoms with Crippen molar-refractivity contribution in [2.24, 2.45) is 0 Å². The summed E-state index contributed by atoms with van der Waals surface area (Å²) in [4.78, 5) is 28.6. The molecule has 2 aromatic heterocycles. The molecule has 24 heavy (non-hydrogen) atoms. The van der Waals surface area contributed by atoms with Gasteiger partial charge in [0.25, 0.3) is 0 Å². The van der Waals surface area contributed by atoms with Crippen LogP contribution in [0.15, 0.2) is 50.0 Å². The number of aryl methyl sites for hydroxylation is 2. The predicted molar refractivity (Wildman–Crippen MR) is 88.9 cm³/mol. The Kier molecular flexibility index (Phi) is 4.02. The van der Waals surface area contributed by atoms with Gasteiger partial charge < -0.3 is 8.83 Å². The molecule has 120 valence electrons. The summed E-state index contributed by atoms with van der Waals surface area (Å²) in [6.07, 6.45) is 1.17. The molecule has 0 aliphatic carbocycles. The van der Waals surface area contributed by atoms with Crippen molar-refractivity contribution in [2.45, 2.75) is 20.3 Å². The molecule has 5 nitrogen and oxygen atoms in total. The molecule has 2 heterocycles. The van der Waals surface area contributed by atoms with Crippen LogP contribution in [-0.4, -0.2) is 6.15 Å². The lowest BCUT2D eigenvalue weighted by Crippen LogP contribution is -1.98. The zero-order chi connectivity index (χ0) is 17.3. The van der Waals surface area contributed by atoms with Gasteiger partial charge in [0.15, 0.2) is 5.58 Å². The number of fused-ring (bicyclic) bond motifs is 5. The average molecular weight is 322 g/mol. The molecule has 4 aromatic rings. The van der Waals surface area contributed by atoms with Gasteiger partial charge in [0.1, 0.15) is 16.6 Å². The standard InChI is InChI=1S/C18H14O3.CO2/c1-3-11-5-7-14-13(9-11)16-17(20-14)12-6-4-10(2)8-15(12)21-18(16)19;2-1-3/h4-9H,3H2,1-2H3;. The van der Waals surface area contributed by atoms with Crippen LogP contribution in [0.25, 0.3) is 32.9 Å². The van der Waals surface area contributed by atoms with Crippen molar-refractivity contribution >= 4 is 39.1 Å². The van der Waals surface area contributed by atoms with Gasteiger partial charge in [-0.1, -0.05) is 19.1 Å². The van der Waals surface area contributed by atoms with E-state index < -0.39 is 0 Å². The minimum Gasteiger partial charge on any atom is -0.455 e. The first kappa shape index (κ1) is 15.7. The third kappa shape index (κ3) is 2.51. The average Bonchev–Trinajstić information content (AvgIpc) is 2.94. The molecule has 0 N–H and O–H groups in total. The molecule has 0 unspecified atom stereocenters. The first-order valence-corrected chi connectivity index (χ1v) is 7.47. The molecule has 0 bridgehead atoms. The van der Waals surface area contributed by atoms with Gasteiger partial charge in [0.2, 0.25) is 0 Å². The van der Waals surface area contributed by atoms with Crippen LogP contribution in [0.5, 0.6) is 0 Å². The summed E-state index contributed by atoms with van der Waals surface area (Å²) in [5.74, 6) is 0. The van der Waals surface area contributed by atoms with E-state index in [1.54, 1.807) is 0 Å². The van der Waals surface area contributed by atoms with Gasteiger partial charge in [0, 0.05) is 5.39 Å².